The summed E-state index contributed by atoms with van der Waals surface area (Å²) in [6.45, 7) is 1.14. The molecule has 0 aromatic heterocycles. The third-order valence-electron chi connectivity index (χ3n) is 2.35. The summed E-state index contributed by atoms with van der Waals surface area (Å²) in [5, 5.41) is 11.6. The van der Waals surface area contributed by atoms with Gasteiger partial charge in [0.1, 0.15) is 0 Å². The minimum atomic E-state index is -1.08. The first-order chi connectivity index (χ1) is 7.59. The van der Waals surface area contributed by atoms with Crippen LogP contribution in [0.1, 0.15) is 10.4 Å². The summed E-state index contributed by atoms with van der Waals surface area (Å²) in [4.78, 5) is 23.6. The maximum absolute atomic E-state index is 11.4. The van der Waals surface area contributed by atoms with Crippen LogP contribution in [0.25, 0.3) is 0 Å². The van der Waals surface area contributed by atoms with Gasteiger partial charge in [0.15, 0.2) is 0 Å². The van der Waals surface area contributed by atoms with Gasteiger partial charge in [-0.3, -0.25) is 4.90 Å². The quantitative estimate of drug-likeness (QED) is 0.824. The molecule has 5 nitrogen and oxygen atoms in total. The van der Waals surface area contributed by atoms with Crippen molar-refractivity contribution in [2.24, 2.45) is 0 Å². The molecule has 6 heteroatoms. The molecule has 0 unspecified atom stereocenters. The molecule has 2 amide bonds. The first kappa shape index (κ1) is 10.8. The summed E-state index contributed by atoms with van der Waals surface area (Å²) in [6, 6.07) is 4.25. The van der Waals surface area contributed by atoms with Crippen LogP contribution in [0.5, 0.6) is 0 Å². The molecule has 0 saturated carbocycles. The molecule has 1 aromatic rings. The summed E-state index contributed by atoms with van der Waals surface area (Å²) in [5.41, 5.74) is 0.634. The summed E-state index contributed by atoms with van der Waals surface area (Å²) in [6.07, 6.45) is 0. The highest BCUT2D eigenvalue weighted by molar-refractivity contribution is 6.33. The second-order valence-electron chi connectivity index (χ2n) is 3.35. The molecular formula is C10H9ClN2O3. The fourth-order valence-corrected chi connectivity index (χ4v) is 1.82. The van der Waals surface area contributed by atoms with Gasteiger partial charge in [0.2, 0.25) is 0 Å². The van der Waals surface area contributed by atoms with Crippen molar-refractivity contribution in [3.05, 3.63) is 28.8 Å². The number of hydrogen-bond acceptors (Lipinski definition) is 2. The number of carboxylic acids is 1. The summed E-state index contributed by atoms with van der Waals surface area (Å²) in [7, 11) is 0. The van der Waals surface area contributed by atoms with E-state index in [4.69, 9.17) is 16.7 Å². The zero-order valence-corrected chi connectivity index (χ0v) is 8.99. The second kappa shape index (κ2) is 4.02. The Hall–Kier alpha value is -1.75. The van der Waals surface area contributed by atoms with Gasteiger partial charge in [0, 0.05) is 18.8 Å². The van der Waals surface area contributed by atoms with Gasteiger partial charge in [-0.05, 0) is 18.2 Å². The average molecular weight is 241 g/mol. The predicted molar refractivity (Wildman–Crippen MR) is 59.2 cm³/mol. The van der Waals surface area contributed by atoms with Crippen molar-refractivity contribution in [3.8, 4) is 0 Å². The fraction of sp³-hybridized carbons (Fsp3) is 0.200. The predicted octanol–water partition coefficient (Wildman–Crippen LogP) is 1.57. The van der Waals surface area contributed by atoms with Gasteiger partial charge in [0.25, 0.3) is 0 Å². The highest BCUT2D eigenvalue weighted by Crippen LogP contribution is 2.24. The fourth-order valence-electron chi connectivity index (χ4n) is 1.56. The van der Waals surface area contributed by atoms with Crippen LogP contribution >= 0.6 is 11.6 Å². The van der Waals surface area contributed by atoms with Gasteiger partial charge >= 0.3 is 12.0 Å². The van der Waals surface area contributed by atoms with E-state index in [0.717, 1.165) is 0 Å². The van der Waals surface area contributed by atoms with E-state index in [1.165, 1.54) is 17.0 Å². The lowest BCUT2D eigenvalue weighted by Gasteiger charge is -2.14. The zero-order chi connectivity index (χ0) is 11.7. The standard InChI is InChI=1S/C10H9ClN2O3/c11-8-5-6(1-2-7(8)9(14)15)13-4-3-12-10(13)16/h1-2,5H,3-4H2,(H,12,16)(H,14,15). The molecule has 0 atom stereocenters. The second-order valence-corrected chi connectivity index (χ2v) is 3.76. The zero-order valence-electron chi connectivity index (χ0n) is 8.24. The number of halogens is 1. The molecule has 16 heavy (non-hydrogen) atoms. The molecule has 1 heterocycles. The number of rotatable bonds is 2. The molecule has 1 aromatic carbocycles. The number of amides is 2. The maximum atomic E-state index is 11.4. The van der Waals surface area contributed by atoms with E-state index in [-0.39, 0.29) is 16.6 Å². The van der Waals surface area contributed by atoms with Gasteiger partial charge < -0.3 is 10.4 Å². The molecule has 84 valence electrons. The van der Waals surface area contributed by atoms with Gasteiger partial charge in [-0.2, -0.15) is 0 Å². The Bertz CT molecular complexity index is 461. The van der Waals surface area contributed by atoms with Crippen LogP contribution in [0.3, 0.4) is 0 Å². The summed E-state index contributed by atoms with van der Waals surface area (Å²) >= 11 is 5.81. The van der Waals surface area contributed by atoms with E-state index in [1.54, 1.807) is 6.07 Å². The van der Waals surface area contributed by atoms with Gasteiger partial charge in [0.05, 0.1) is 10.6 Å². The van der Waals surface area contributed by atoms with E-state index in [1.807, 2.05) is 0 Å². The van der Waals surface area contributed by atoms with Crippen LogP contribution in [-0.4, -0.2) is 30.2 Å². The molecule has 0 spiro atoms. The van der Waals surface area contributed by atoms with Gasteiger partial charge in [-0.15, -0.1) is 0 Å². The van der Waals surface area contributed by atoms with E-state index in [9.17, 15) is 9.59 Å². The largest absolute Gasteiger partial charge is 0.478 e. The Balaban J connectivity index is 2.34. The number of carbonyl (C=O) groups is 2. The molecule has 1 aliphatic rings. The topological polar surface area (TPSA) is 69.6 Å². The number of carbonyl (C=O) groups excluding carboxylic acids is 1. The number of anilines is 1. The number of hydrogen-bond donors (Lipinski definition) is 2. The van der Waals surface area contributed by atoms with Crippen LogP contribution in [0, 0.1) is 0 Å². The minimum Gasteiger partial charge on any atom is -0.478 e. The average Bonchev–Trinajstić information content (AvgIpc) is 2.63. The SMILES string of the molecule is O=C(O)c1ccc(N2CCNC2=O)cc1Cl. The molecule has 0 bridgehead atoms. The molecule has 1 aliphatic heterocycles. The van der Waals surface area contributed by atoms with Crippen molar-refractivity contribution in [1.82, 2.24) is 5.32 Å². The number of benzene rings is 1. The summed E-state index contributed by atoms with van der Waals surface area (Å²) in [5.74, 6) is -1.08. The van der Waals surface area contributed by atoms with Crippen molar-refractivity contribution in [2.45, 2.75) is 0 Å². The maximum Gasteiger partial charge on any atom is 0.337 e. The van der Waals surface area contributed by atoms with Gasteiger partial charge in [-0.1, -0.05) is 11.6 Å². The molecule has 0 radical (unpaired) electrons. The Labute approximate surface area is 96.6 Å². The molecule has 1 fully saturated rings. The molecule has 2 rings (SSSR count). The van der Waals surface area contributed by atoms with Gasteiger partial charge in [-0.25, -0.2) is 9.59 Å². The third kappa shape index (κ3) is 1.81. The minimum absolute atomic E-state index is 0.0324. The first-order valence-corrected chi connectivity index (χ1v) is 5.05. The third-order valence-corrected chi connectivity index (χ3v) is 2.66. The van der Waals surface area contributed by atoms with Crippen LogP contribution < -0.4 is 10.2 Å². The molecule has 0 aliphatic carbocycles. The Kier molecular flexibility index (Phi) is 2.70. The summed E-state index contributed by atoms with van der Waals surface area (Å²) < 4.78 is 0. The normalized spacial score (nSPS) is 15.1. The van der Waals surface area contributed by atoms with E-state index in [0.29, 0.717) is 18.8 Å². The smallest absolute Gasteiger partial charge is 0.337 e. The number of carboxylic acid groups (broad SMARTS) is 1. The molecule has 1 saturated heterocycles. The van der Waals surface area contributed by atoms with Crippen LogP contribution in [0.15, 0.2) is 18.2 Å². The van der Waals surface area contributed by atoms with Crippen molar-refractivity contribution in [1.29, 1.82) is 0 Å². The lowest BCUT2D eigenvalue weighted by Crippen LogP contribution is -2.27. The van der Waals surface area contributed by atoms with Crippen LogP contribution in [-0.2, 0) is 0 Å². The lowest BCUT2D eigenvalue weighted by atomic mass is 10.2. The number of nitrogens with one attached hydrogen (secondary N) is 1. The van der Waals surface area contributed by atoms with Crippen molar-refractivity contribution in [2.75, 3.05) is 18.0 Å². The number of nitrogens with zero attached hydrogens (tertiary/aromatic N) is 1. The monoisotopic (exact) mass is 240 g/mol. The molecule has 2 N–H and O–H groups in total. The Morgan fingerprint density at radius 3 is 2.75 bits per heavy atom. The number of aromatic carboxylic acids is 1. The molecular weight excluding hydrogens is 232 g/mol. The van der Waals surface area contributed by atoms with Crippen LogP contribution in [0.2, 0.25) is 5.02 Å². The van der Waals surface area contributed by atoms with E-state index < -0.39 is 5.97 Å². The highest BCUT2D eigenvalue weighted by Gasteiger charge is 2.22. The van der Waals surface area contributed by atoms with Crippen molar-refractivity contribution >= 4 is 29.3 Å². The van der Waals surface area contributed by atoms with E-state index in [2.05, 4.69) is 5.32 Å². The Morgan fingerprint density at radius 1 is 1.50 bits per heavy atom. The van der Waals surface area contributed by atoms with Crippen molar-refractivity contribution < 1.29 is 14.7 Å². The highest BCUT2D eigenvalue weighted by atomic mass is 35.5. The number of urea groups is 1. The first-order valence-electron chi connectivity index (χ1n) is 4.68. The van der Waals surface area contributed by atoms with Crippen LogP contribution in [0.4, 0.5) is 10.5 Å². The Morgan fingerprint density at radius 2 is 2.25 bits per heavy atom. The van der Waals surface area contributed by atoms with E-state index >= 15 is 0 Å². The lowest BCUT2D eigenvalue weighted by molar-refractivity contribution is 0.0697. The van der Waals surface area contributed by atoms with Crippen molar-refractivity contribution in [3.63, 3.8) is 0 Å².